The number of piperidine rings is 1. The Kier molecular flexibility index (Phi) is 8.16. The molecule has 0 spiro atoms. The first-order valence-corrected chi connectivity index (χ1v) is 14.9. The molecule has 1 N–H and O–H groups in total. The molecule has 1 aromatic carbocycles. The Hall–Kier alpha value is -2.70. The normalized spacial score (nSPS) is 22.5. The van der Waals surface area contributed by atoms with Crippen molar-refractivity contribution in [3.8, 4) is 0 Å². The highest BCUT2D eigenvalue weighted by Gasteiger charge is 2.44. The number of likely N-dealkylation sites (tertiary alicyclic amines) is 2. The zero-order valence-corrected chi connectivity index (χ0v) is 24.4. The standard InChI is InChI=1S/C33H46N4O2/c1-6-8-24-11-16-37-29(19-34-30(37)18-24)25-12-14-35(15-13-25)20-27-21-36(31(32(38)39)33(3,4)5)22-28(27)26-10-7-9-23(2)17-26/h7,9-11,16-19,25,27-28,31H,6,8,12-15,20-22H2,1-5H3,(H,38,39)/t27-,28+,31-/m0/s1. The lowest BCUT2D eigenvalue weighted by Crippen LogP contribution is -2.48. The molecule has 0 amide bonds. The largest absolute Gasteiger partial charge is 0.480 e. The Balaban J connectivity index is 1.29. The minimum atomic E-state index is -0.707. The summed E-state index contributed by atoms with van der Waals surface area (Å²) in [6.07, 6.45) is 8.82. The number of aromatic nitrogens is 2. The van der Waals surface area contributed by atoms with Crippen molar-refractivity contribution in [1.29, 1.82) is 0 Å². The molecule has 0 bridgehead atoms. The highest BCUT2D eigenvalue weighted by atomic mass is 16.4. The van der Waals surface area contributed by atoms with Crippen molar-refractivity contribution in [2.75, 3.05) is 32.7 Å². The molecule has 2 aromatic heterocycles. The lowest BCUT2D eigenvalue weighted by Gasteiger charge is -2.36. The topological polar surface area (TPSA) is 61.1 Å². The molecular weight excluding hydrogens is 484 g/mol. The number of benzene rings is 1. The number of nitrogens with zero attached hydrogens (tertiary/aromatic N) is 4. The zero-order chi connectivity index (χ0) is 27.7. The fourth-order valence-electron chi connectivity index (χ4n) is 7.18. The summed E-state index contributed by atoms with van der Waals surface area (Å²) in [5, 5.41) is 10.2. The van der Waals surface area contributed by atoms with Gasteiger partial charge >= 0.3 is 5.97 Å². The van der Waals surface area contributed by atoms with Crippen LogP contribution in [-0.2, 0) is 11.2 Å². The number of hydrogen-bond acceptors (Lipinski definition) is 4. The SMILES string of the molecule is CCCc1ccn2c(C3CCN(C[C@H]4CN([C@@H](C(=O)O)C(C)(C)C)C[C@@H]4c4cccc(C)c4)CC3)cnc2c1. The molecule has 6 heteroatoms. The van der Waals surface area contributed by atoms with E-state index in [2.05, 4.69) is 97.6 Å². The number of carboxylic acids is 1. The quantitative estimate of drug-likeness (QED) is 0.388. The van der Waals surface area contributed by atoms with E-state index in [1.807, 2.05) is 0 Å². The summed E-state index contributed by atoms with van der Waals surface area (Å²) in [6.45, 7) is 15.3. The summed E-state index contributed by atoms with van der Waals surface area (Å²) in [4.78, 5) is 22.0. The number of pyridine rings is 1. The number of fused-ring (bicyclic) bond motifs is 1. The summed E-state index contributed by atoms with van der Waals surface area (Å²) in [5.74, 6) is 0.586. The molecule has 0 radical (unpaired) electrons. The number of rotatable bonds is 8. The smallest absolute Gasteiger partial charge is 0.321 e. The molecule has 2 saturated heterocycles. The van der Waals surface area contributed by atoms with E-state index in [1.54, 1.807) is 0 Å². The van der Waals surface area contributed by atoms with Crippen molar-refractivity contribution >= 4 is 11.6 Å². The first-order chi connectivity index (χ1) is 18.6. The van der Waals surface area contributed by atoms with Crippen molar-refractivity contribution < 1.29 is 9.90 Å². The molecule has 2 fully saturated rings. The second kappa shape index (κ2) is 11.4. The number of hydrogen-bond donors (Lipinski definition) is 1. The van der Waals surface area contributed by atoms with Gasteiger partial charge in [0.2, 0.25) is 0 Å². The molecule has 2 aliphatic heterocycles. The number of carbonyl (C=O) groups is 1. The van der Waals surface area contributed by atoms with E-state index in [4.69, 9.17) is 4.98 Å². The fraction of sp³-hybridized carbons (Fsp3) is 0.576. The molecule has 5 rings (SSSR count). The van der Waals surface area contributed by atoms with Crippen LogP contribution >= 0.6 is 0 Å². The monoisotopic (exact) mass is 530 g/mol. The van der Waals surface area contributed by atoms with Gasteiger partial charge in [-0.15, -0.1) is 0 Å². The minimum Gasteiger partial charge on any atom is -0.480 e. The van der Waals surface area contributed by atoms with Gasteiger partial charge in [0.1, 0.15) is 11.7 Å². The van der Waals surface area contributed by atoms with Crippen LogP contribution in [0.3, 0.4) is 0 Å². The van der Waals surface area contributed by atoms with Crippen LogP contribution in [-0.4, -0.2) is 69.0 Å². The highest BCUT2D eigenvalue weighted by Crippen LogP contribution is 2.39. The highest BCUT2D eigenvalue weighted by molar-refractivity contribution is 5.74. The van der Waals surface area contributed by atoms with Crippen molar-refractivity contribution in [3.05, 3.63) is 71.2 Å². The van der Waals surface area contributed by atoms with E-state index in [1.165, 1.54) is 22.4 Å². The van der Waals surface area contributed by atoms with Gasteiger partial charge in [-0.3, -0.25) is 9.69 Å². The van der Waals surface area contributed by atoms with E-state index in [-0.39, 0.29) is 5.41 Å². The predicted octanol–water partition coefficient (Wildman–Crippen LogP) is 5.99. The lowest BCUT2D eigenvalue weighted by atomic mass is 9.85. The van der Waals surface area contributed by atoms with Crippen LogP contribution in [0.5, 0.6) is 0 Å². The van der Waals surface area contributed by atoms with Gasteiger partial charge < -0.3 is 14.4 Å². The molecule has 3 aromatic rings. The summed E-state index contributed by atoms with van der Waals surface area (Å²) < 4.78 is 2.29. The summed E-state index contributed by atoms with van der Waals surface area (Å²) in [6, 6.07) is 12.8. The summed E-state index contributed by atoms with van der Waals surface area (Å²) in [5.41, 5.74) is 6.07. The molecule has 39 heavy (non-hydrogen) atoms. The third kappa shape index (κ3) is 6.07. The predicted molar refractivity (Wildman–Crippen MR) is 157 cm³/mol. The molecule has 210 valence electrons. The van der Waals surface area contributed by atoms with E-state index < -0.39 is 12.0 Å². The maximum absolute atomic E-state index is 12.4. The number of aliphatic carboxylic acids is 1. The van der Waals surface area contributed by atoms with Gasteiger partial charge in [0.05, 0.1) is 0 Å². The molecule has 0 aliphatic carbocycles. The minimum absolute atomic E-state index is 0.318. The second-order valence-corrected chi connectivity index (χ2v) is 13.1. The Labute approximate surface area is 234 Å². The Bertz CT molecular complexity index is 1280. The van der Waals surface area contributed by atoms with Crippen LogP contribution in [0.15, 0.2) is 48.8 Å². The molecule has 0 saturated carbocycles. The third-order valence-corrected chi connectivity index (χ3v) is 9.00. The van der Waals surface area contributed by atoms with Crippen molar-refractivity contribution in [1.82, 2.24) is 19.2 Å². The van der Waals surface area contributed by atoms with Crippen molar-refractivity contribution in [2.45, 2.75) is 78.2 Å². The second-order valence-electron chi connectivity index (χ2n) is 13.1. The first kappa shape index (κ1) is 27.9. The van der Waals surface area contributed by atoms with Gasteiger partial charge in [-0.2, -0.15) is 0 Å². The van der Waals surface area contributed by atoms with Gasteiger partial charge in [0, 0.05) is 49.6 Å². The molecule has 4 heterocycles. The number of aryl methyl sites for hydroxylation is 2. The van der Waals surface area contributed by atoms with Gasteiger partial charge in [-0.25, -0.2) is 4.98 Å². The molecule has 3 atom stereocenters. The Morgan fingerprint density at radius 3 is 2.56 bits per heavy atom. The van der Waals surface area contributed by atoms with Crippen molar-refractivity contribution in [2.24, 2.45) is 11.3 Å². The maximum Gasteiger partial charge on any atom is 0.321 e. The van der Waals surface area contributed by atoms with Crippen LogP contribution < -0.4 is 0 Å². The lowest BCUT2D eigenvalue weighted by molar-refractivity contribution is -0.147. The maximum atomic E-state index is 12.4. The van der Waals surface area contributed by atoms with Crippen molar-refractivity contribution in [3.63, 3.8) is 0 Å². The van der Waals surface area contributed by atoms with E-state index in [0.717, 1.165) is 64.1 Å². The summed E-state index contributed by atoms with van der Waals surface area (Å²) in [7, 11) is 0. The molecular formula is C33H46N4O2. The van der Waals surface area contributed by atoms with Gasteiger partial charge in [0.15, 0.2) is 0 Å². The van der Waals surface area contributed by atoms with Crippen LogP contribution in [0.25, 0.3) is 5.65 Å². The van der Waals surface area contributed by atoms with Crippen LogP contribution in [0.2, 0.25) is 0 Å². The van der Waals surface area contributed by atoms with Gasteiger partial charge in [0.25, 0.3) is 0 Å². The Morgan fingerprint density at radius 2 is 1.90 bits per heavy atom. The number of imidazole rings is 1. The first-order valence-electron chi connectivity index (χ1n) is 14.9. The zero-order valence-electron chi connectivity index (χ0n) is 24.4. The van der Waals surface area contributed by atoms with Gasteiger partial charge in [-0.1, -0.05) is 63.9 Å². The van der Waals surface area contributed by atoms with Crippen LogP contribution in [0, 0.1) is 18.3 Å². The molecule has 6 nitrogen and oxygen atoms in total. The van der Waals surface area contributed by atoms with E-state index in [9.17, 15) is 9.90 Å². The third-order valence-electron chi connectivity index (χ3n) is 9.00. The average molecular weight is 531 g/mol. The molecule has 0 unspecified atom stereocenters. The summed E-state index contributed by atoms with van der Waals surface area (Å²) >= 11 is 0. The fourth-order valence-corrected chi connectivity index (χ4v) is 7.18. The van der Waals surface area contributed by atoms with Crippen LogP contribution in [0.4, 0.5) is 0 Å². The average Bonchev–Trinajstić information content (AvgIpc) is 3.48. The Morgan fingerprint density at radius 1 is 1.13 bits per heavy atom. The van der Waals surface area contributed by atoms with Gasteiger partial charge in [-0.05, 0) is 73.9 Å². The molecule has 2 aliphatic rings. The number of carboxylic acid groups (broad SMARTS) is 1. The van der Waals surface area contributed by atoms with Crippen LogP contribution in [0.1, 0.15) is 81.2 Å². The van der Waals surface area contributed by atoms with E-state index in [0.29, 0.717) is 17.8 Å². The van der Waals surface area contributed by atoms with E-state index >= 15 is 0 Å².